The highest BCUT2D eigenvalue weighted by molar-refractivity contribution is 5.18. The number of β-amino-alcohol motifs (C(OH)–C–C–N with tert-alkyl or cyclic N) is 1. The molecule has 0 aliphatic carbocycles. The van der Waals surface area contributed by atoms with E-state index in [9.17, 15) is 9.50 Å². The molecule has 1 aromatic carbocycles. The van der Waals surface area contributed by atoms with Gasteiger partial charge in [-0.25, -0.2) is 14.4 Å². The van der Waals surface area contributed by atoms with Gasteiger partial charge in [0.25, 0.3) is 0 Å². The number of ether oxygens (including phenoxy) is 1. The fourth-order valence-electron chi connectivity index (χ4n) is 3.16. The molecule has 0 saturated carbocycles. The zero-order chi connectivity index (χ0) is 16.9. The molecule has 1 saturated heterocycles. The highest BCUT2D eigenvalue weighted by Crippen LogP contribution is 2.24. The summed E-state index contributed by atoms with van der Waals surface area (Å²) >= 11 is 0. The Hall–Kier alpha value is -2.05. The van der Waals surface area contributed by atoms with E-state index in [1.54, 1.807) is 24.5 Å². The number of halogens is 1. The largest absolute Gasteiger partial charge is 0.467 e. The van der Waals surface area contributed by atoms with Crippen LogP contribution >= 0.6 is 0 Å². The van der Waals surface area contributed by atoms with Crippen LogP contribution < -0.4 is 4.74 Å². The number of piperidine rings is 1. The van der Waals surface area contributed by atoms with Gasteiger partial charge in [0.05, 0.1) is 13.2 Å². The third kappa shape index (κ3) is 4.07. The van der Waals surface area contributed by atoms with E-state index in [4.69, 9.17) is 4.74 Å². The van der Waals surface area contributed by atoms with Gasteiger partial charge in [-0.3, -0.25) is 4.90 Å². The Morgan fingerprint density at radius 2 is 2.04 bits per heavy atom. The van der Waals surface area contributed by atoms with Crippen molar-refractivity contribution < 1.29 is 14.2 Å². The summed E-state index contributed by atoms with van der Waals surface area (Å²) in [5.74, 6) is -0.104. The Labute approximate surface area is 141 Å². The van der Waals surface area contributed by atoms with Crippen LogP contribution in [-0.4, -0.2) is 46.3 Å². The van der Waals surface area contributed by atoms with Crippen LogP contribution in [0.5, 0.6) is 6.01 Å². The van der Waals surface area contributed by atoms with Crippen molar-refractivity contribution in [1.29, 1.82) is 0 Å². The Morgan fingerprint density at radius 1 is 1.29 bits per heavy atom. The number of aromatic nitrogens is 2. The van der Waals surface area contributed by atoms with Crippen molar-refractivity contribution in [3.8, 4) is 6.01 Å². The first kappa shape index (κ1) is 16.8. The first-order chi connectivity index (χ1) is 11.7. The van der Waals surface area contributed by atoms with Gasteiger partial charge in [-0.2, -0.15) is 0 Å². The van der Waals surface area contributed by atoms with Gasteiger partial charge in [0, 0.05) is 31.0 Å². The van der Waals surface area contributed by atoms with Gasteiger partial charge >= 0.3 is 6.01 Å². The van der Waals surface area contributed by atoms with Gasteiger partial charge in [0.2, 0.25) is 0 Å². The molecule has 1 fully saturated rings. The van der Waals surface area contributed by atoms with Crippen LogP contribution in [0.15, 0.2) is 36.7 Å². The van der Waals surface area contributed by atoms with Crippen LogP contribution in [0.25, 0.3) is 0 Å². The van der Waals surface area contributed by atoms with Crippen molar-refractivity contribution in [1.82, 2.24) is 14.9 Å². The Bertz CT molecular complexity index is 666. The van der Waals surface area contributed by atoms with Crippen molar-refractivity contribution in [3.05, 3.63) is 53.6 Å². The number of hydrogen-bond acceptors (Lipinski definition) is 5. The van der Waals surface area contributed by atoms with Crippen LogP contribution in [0.3, 0.4) is 0 Å². The molecule has 0 bridgehead atoms. The Balaban J connectivity index is 1.55. The van der Waals surface area contributed by atoms with E-state index >= 15 is 0 Å². The number of aliphatic hydroxyl groups is 1. The molecule has 0 radical (unpaired) electrons. The summed E-state index contributed by atoms with van der Waals surface area (Å²) in [6.45, 7) is 2.13. The minimum Gasteiger partial charge on any atom is -0.467 e. The summed E-state index contributed by atoms with van der Waals surface area (Å²) < 4.78 is 18.7. The fourth-order valence-corrected chi connectivity index (χ4v) is 3.16. The minimum atomic E-state index is -0.461. The van der Waals surface area contributed by atoms with E-state index in [1.165, 1.54) is 13.2 Å². The zero-order valence-electron chi connectivity index (χ0n) is 13.7. The molecule has 2 aromatic rings. The van der Waals surface area contributed by atoms with Crippen LogP contribution in [0.4, 0.5) is 4.39 Å². The third-order valence-electron chi connectivity index (χ3n) is 4.52. The average molecular weight is 331 g/mol. The van der Waals surface area contributed by atoms with Crippen LogP contribution in [0.1, 0.15) is 17.5 Å². The van der Waals surface area contributed by atoms with Crippen LogP contribution in [0.2, 0.25) is 0 Å². The third-order valence-corrected chi connectivity index (χ3v) is 4.52. The zero-order valence-corrected chi connectivity index (χ0v) is 13.7. The number of nitrogens with zero attached hydrogens (tertiary/aromatic N) is 3. The van der Waals surface area contributed by atoms with Crippen LogP contribution in [-0.2, 0) is 13.0 Å². The summed E-state index contributed by atoms with van der Waals surface area (Å²) in [6.07, 6.45) is 4.44. The van der Waals surface area contributed by atoms with E-state index in [2.05, 4.69) is 14.9 Å². The molecule has 1 aliphatic heterocycles. The molecule has 128 valence electrons. The molecule has 0 amide bonds. The smallest absolute Gasteiger partial charge is 0.316 e. The van der Waals surface area contributed by atoms with Gasteiger partial charge in [-0.1, -0.05) is 18.2 Å². The highest BCUT2D eigenvalue weighted by atomic mass is 19.1. The quantitative estimate of drug-likeness (QED) is 0.909. The van der Waals surface area contributed by atoms with Gasteiger partial charge in [0.15, 0.2) is 0 Å². The first-order valence-electron chi connectivity index (χ1n) is 8.14. The number of methoxy groups -OCH3 is 1. The number of rotatable bonds is 5. The molecular formula is C18H22FN3O2. The molecule has 5 nitrogen and oxygen atoms in total. The van der Waals surface area contributed by atoms with E-state index < -0.39 is 6.10 Å². The van der Waals surface area contributed by atoms with Gasteiger partial charge in [-0.15, -0.1) is 0 Å². The fraction of sp³-hybridized carbons (Fsp3) is 0.444. The lowest BCUT2D eigenvalue weighted by Crippen LogP contribution is -2.44. The average Bonchev–Trinajstić information content (AvgIpc) is 2.60. The van der Waals surface area contributed by atoms with Crippen molar-refractivity contribution in [2.45, 2.75) is 25.5 Å². The lowest BCUT2D eigenvalue weighted by molar-refractivity contribution is 0.0184. The summed E-state index contributed by atoms with van der Waals surface area (Å²) in [6, 6.07) is 7.14. The molecule has 1 aliphatic rings. The molecule has 6 heteroatoms. The SMILES string of the molecule is COc1ncc(CN2CC[C@H](Cc3ccccc3F)[C@H](O)C2)cn1. The molecule has 0 spiro atoms. The predicted octanol–water partition coefficient (Wildman–Crippen LogP) is 2.05. The second kappa shape index (κ2) is 7.68. The Morgan fingerprint density at radius 3 is 2.71 bits per heavy atom. The van der Waals surface area contributed by atoms with E-state index in [-0.39, 0.29) is 11.7 Å². The lowest BCUT2D eigenvalue weighted by Gasteiger charge is -2.36. The molecule has 2 atom stereocenters. The summed E-state index contributed by atoms with van der Waals surface area (Å²) in [5.41, 5.74) is 1.66. The standard InChI is InChI=1S/C18H22FN3O2/c1-24-18-20-9-13(10-21-18)11-22-7-6-15(17(23)12-22)8-14-4-2-3-5-16(14)19/h2-5,9-10,15,17,23H,6-8,11-12H2,1H3/t15-,17-/m1/s1. The van der Waals surface area contributed by atoms with E-state index in [1.807, 2.05) is 6.07 Å². The maximum Gasteiger partial charge on any atom is 0.316 e. The second-order valence-electron chi connectivity index (χ2n) is 6.22. The molecule has 2 heterocycles. The molecule has 1 aromatic heterocycles. The highest BCUT2D eigenvalue weighted by Gasteiger charge is 2.28. The minimum absolute atomic E-state index is 0.0882. The summed E-state index contributed by atoms with van der Waals surface area (Å²) in [5, 5.41) is 10.4. The molecular weight excluding hydrogens is 309 g/mol. The second-order valence-corrected chi connectivity index (χ2v) is 6.22. The maximum absolute atomic E-state index is 13.8. The van der Waals surface area contributed by atoms with Gasteiger partial charge < -0.3 is 9.84 Å². The van der Waals surface area contributed by atoms with Crippen molar-refractivity contribution >= 4 is 0 Å². The van der Waals surface area contributed by atoms with Crippen molar-refractivity contribution in [2.75, 3.05) is 20.2 Å². The lowest BCUT2D eigenvalue weighted by atomic mass is 9.87. The molecule has 0 unspecified atom stereocenters. The van der Waals surface area contributed by atoms with Crippen LogP contribution in [0, 0.1) is 11.7 Å². The topological polar surface area (TPSA) is 58.5 Å². The first-order valence-corrected chi connectivity index (χ1v) is 8.14. The van der Waals surface area contributed by atoms with Crippen molar-refractivity contribution in [2.24, 2.45) is 5.92 Å². The number of hydrogen-bond donors (Lipinski definition) is 1. The van der Waals surface area contributed by atoms with E-state index in [0.29, 0.717) is 31.1 Å². The molecule has 1 N–H and O–H groups in total. The summed E-state index contributed by atoms with van der Waals surface area (Å²) in [4.78, 5) is 10.4. The predicted molar refractivity (Wildman–Crippen MR) is 88.1 cm³/mol. The van der Waals surface area contributed by atoms with Crippen molar-refractivity contribution in [3.63, 3.8) is 0 Å². The number of aliphatic hydroxyl groups excluding tert-OH is 1. The number of likely N-dealkylation sites (tertiary alicyclic amines) is 1. The molecule has 24 heavy (non-hydrogen) atoms. The monoisotopic (exact) mass is 331 g/mol. The summed E-state index contributed by atoms with van der Waals surface area (Å²) in [7, 11) is 1.53. The molecule has 3 rings (SSSR count). The van der Waals surface area contributed by atoms with E-state index in [0.717, 1.165) is 18.5 Å². The maximum atomic E-state index is 13.8. The normalized spacial score (nSPS) is 21.6. The van der Waals surface area contributed by atoms with Gasteiger partial charge in [0.1, 0.15) is 5.82 Å². The van der Waals surface area contributed by atoms with Gasteiger partial charge in [-0.05, 0) is 36.9 Å². The number of benzene rings is 1. The Kier molecular flexibility index (Phi) is 5.37.